The topological polar surface area (TPSA) is 56.1 Å². The summed E-state index contributed by atoms with van der Waals surface area (Å²) < 4.78 is 25.9. The number of pyridine rings is 1. The average molecular weight is 277 g/mol. The molecule has 1 aliphatic heterocycles. The number of aromatic nitrogens is 1. The second-order valence-electron chi connectivity index (χ2n) is 4.89. The first kappa shape index (κ1) is 12.4. The number of rotatable bonds is 1. The summed E-state index contributed by atoms with van der Waals surface area (Å²) in [5, 5.41) is 0.872. The van der Waals surface area contributed by atoms with Crippen molar-refractivity contribution in [2.24, 2.45) is 0 Å². The molecule has 0 fully saturated rings. The van der Waals surface area contributed by atoms with Crippen LogP contribution in [-0.2, 0) is 22.8 Å². The molecule has 1 aromatic carbocycles. The van der Waals surface area contributed by atoms with Gasteiger partial charge in [-0.1, -0.05) is 19.1 Å². The summed E-state index contributed by atoms with van der Waals surface area (Å²) in [5.74, 6) is 0.00519. The zero-order valence-electron chi connectivity index (χ0n) is 10.9. The fraction of sp³-hybridized carbons (Fsp3) is 0.357. The summed E-state index contributed by atoms with van der Waals surface area (Å²) in [6.45, 7) is 4.10. The third-order valence-electron chi connectivity index (χ3n) is 3.90. The number of benzene rings is 1. The van der Waals surface area contributed by atoms with E-state index in [0.29, 0.717) is 16.8 Å². The van der Waals surface area contributed by atoms with Gasteiger partial charge in [0.25, 0.3) is 5.56 Å². The van der Waals surface area contributed by atoms with Crippen molar-refractivity contribution in [1.29, 1.82) is 0 Å². The van der Waals surface area contributed by atoms with Crippen molar-refractivity contribution in [1.82, 2.24) is 4.57 Å². The minimum absolute atomic E-state index is 0.00519. The molecule has 2 aromatic rings. The van der Waals surface area contributed by atoms with E-state index < -0.39 is 9.84 Å². The molecule has 5 heteroatoms. The van der Waals surface area contributed by atoms with Crippen LogP contribution in [0.3, 0.4) is 0 Å². The van der Waals surface area contributed by atoms with Gasteiger partial charge >= 0.3 is 0 Å². The first-order valence-corrected chi connectivity index (χ1v) is 8.00. The van der Waals surface area contributed by atoms with Gasteiger partial charge in [-0.2, -0.15) is 0 Å². The number of aryl methyl sites for hydroxylation is 2. The lowest BCUT2D eigenvalue weighted by molar-refractivity contribution is 0.582. The normalized spacial score (nSPS) is 16.7. The summed E-state index contributed by atoms with van der Waals surface area (Å²) in [6, 6.07) is 5.24. The SMILES string of the molecule is CCc1c(C)c2cccc3c2n(c1=O)CCS3(=O)=O. The summed E-state index contributed by atoms with van der Waals surface area (Å²) in [5.41, 5.74) is 2.21. The minimum atomic E-state index is -3.26. The lowest BCUT2D eigenvalue weighted by Gasteiger charge is -2.22. The molecule has 100 valence electrons. The smallest absolute Gasteiger partial charge is 0.254 e. The Morgan fingerprint density at radius 3 is 2.74 bits per heavy atom. The molecular weight excluding hydrogens is 262 g/mol. The van der Waals surface area contributed by atoms with E-state index in [1.807, 2.05) is 19.9 Å². The number of nitrogens with zero attached hydrogens (tertiary/aromatic N) is 1. The van der Waals surface area contributed by atoms with Gasteiger partial charge in [0.1, 0.15) is 0 Å². The van der Waals surface area contributed by atoms with Crippen LogP contribution in [0.5, 0.6) is 0 Å². The Labute approximate surface area is 111 Å². The van der Waals surface area contributed by atoms with E-state index in [1.54, 1.807) is 16.7 Å². The molecule has 0 bridgehead atoms. The van der Waals surface area contributed by atoms with Crippen LogP contribution >= 0.6 is 0 Å². The van der Waals surface area contributed by atoms with Gasteiger partial charge in [-0.25, -0.2) is 8.42 Å². The van der Waals surface area contributed by atoms with Crippen LogP contribution in [0.15, 0.2) is 27.9 Å². The monoisotopic (exact) mass is 277 g/mol. The van der Waals surface area contributed by atoms with Crippen LogP contribution in [0.4, 0.5) is 0 Å². The van der Waals surface area contributed by atoms with Gasteiger partial charge in [-0.3, -0.25) is 4.79 Å². The number of para-hydroxylation sites is 1. The number of sulfone groups is 1. The van der Waals surface area contributed by atoms with Crippen molar-refractivity contribution in [2.45, 2.75) is 31.7 Å². The van der Waals surface area contributed by atoms with Crippen molar-refractivity contribution in [3.05, 3.63) is 39.7 Å². The first-order valence-electron chi connectivity index (χ1n) is 6.35. The Bertz CT molecular complexity index is 847. The first-order chi connectivity index (χ1) is 8.97. The van der Waals surface area contributed by atoms with Crippen molar-refractivity contribution in [2.75, 3.05) is 5.75 Å². The van der Waals surface area contributed by atoms with Crippen molar-refractivity contribution in [3.63, 3.8) is 0 Å². The zero-order chi connectivity index (χ0) is 13.8. The standard InChI is InChI=1S/C14H15NO3S/c1-3-10-9(2)11-5-4-6-12-13(11)15(14(10)16)7-8-19(12,17)18/h4-6H,3,7-8H2,1-2H3. The molecule has 0 N–H and O–H groups in total. The van der Waals surface area contributed by atoms with Gasteiger partial charge < -0.3 is 4.57 Å². The Balaban J connectivity index is 2.63. The Morgan fingerprint density at radius 1 is 1.32 bits per heavy atom. The van der Waals surface area contributed by atoms with Crippen molar-refractivity contribution in [3.8, 4) is 0 Å². The molecular formula is C14H15NO3S. The maximum Gasteiger partial charge on any atom is 0.254 e. The van der Waals surface area contributed by atoms with Gasteiger partial charge in [0, 0.05) is 17.5 Å². The summed E-state index contributed by atoms with van der Waals surface area (Å²) in [4.78, 5) is 12.7. The third-order valence-corrected chi connectivity index (χ3v) is 5.62. The van der Waals surface area contributed by atoms with E-state index in [0.717, 1.165) is 16.5 Å². The number of hydrogen-bond acceptors (Lipinski definition) is 3. The van der Waals surface area contributed by atoms with E-state index in [2.05, 4.69) is 0 Å². The van der Waals surface area contributed by atoms with E-state index in [-0.39, 0.29) is 17.9 Å². The maximum atomic E-state index is 12.4. The molecule has 3 rings (SSSR count). The predicted octanol–water partition coefficient (Wildman–Crippen LogP) is 1.66. The fourth-order valence-corrected chi connectivity index (χ4v) is 4.34. The molecule has 0 saturated heterocycles. The van der Waals surface area contributed by atoms with E-state index >= 15 is 0 Å². The van der Waals surface area contributed by atoms with Gasteiger partial charge in [0.15, 0.2) is 9.84 Å². The zero-order valence-corrected chi connectivity index (χ0v) is 11.8. The Morgan fingerprint density at radius 2 is 2.05 bits per heavy atom. The quantitative estimate of drug-likeness (QED) is 0.796. The molecule has 2 heterocycles. The van der Waals surface area contributed by atoms with Crippen LogP contribution in [0.25, 0.3) is 10.9 Å². The Kier molecular flexibility index (Phi) is 2.57. The highest BCUT2D eigenvalue weighted by Crippen LogP contribution is 2.29. The molecule has 1 aromatic heterocycles. The number of hydrogen-bond donors (Lipinski definition) is 0. The molecule has 4 nitrogen and oxygen atoms in total. The van der Waals surface area contributed by atoms with Gasteiger partial charge in [-0.05, 0) is 25.0 Å². The summed E-state index contributed by atoms with van der Waals surface area (Å²) in [6.07, 6.45) is 0.664. The third kappa shape index (κ3) is 1.57. The average Bonchev–Trinajstić information content (AvgIpc) is 2.38. The molecule has 1 aliphatic rings. The Hall–Kier alpha value is -1.62. The largest absolute Gasteiger partial charge is 0.306 e. The van der Waals surface area contributed by atoms with Crippen molar-refractivity contribution >= 4 is 20.7 Å². The molecule has 0 unspecified atom stereocenters. The van der Waals surface area contributed by atoms with Crippen molar-refractivity contribution < 1.29 is 8.42 Å². The van der Waals surface area contributed by atoms with Crippen LogP contribution in [0.1, 0.15) is 18.1 Å². The molecule has 0 amide bonds. The second-order valence-corrected chi connectivity index (χ2v) is 6.96. The van der Waals surface area contributed by atoms with Crippen LogP contribution < -0.4 is 5.56 Å². The highest BCUT2D eigenvalue weighted by molar-refractivity contribution is 7.91. The lowest BCUT2D eigenvalue weighted by Crippen LogP contribution is -2.32. The maximum absolute atomic E-state index is 12.4. The summed E-state index contributed by atoms with van der Waals surface area (Å²) >= 11 is 0. The fourth-order valence-electron chi connectivity index (χ4n) is 2.89. The van der Waals surface area contributed by atoms with Crippen LogP contribution in [0, 0.1) is 6.92 Å². The summed E-state index contributed by atoms with van der Waals surface area (Å²) in [7, 11) is -3.26. The highest BCUT2D eigenvalue weighted by Gasteiger charge is 2.27. The van der Waals surface area contributed by atoms with E-state index in [1.165, 1.54) is 0 Å². The van der Waals surface area contributed by atoms with Crippen LogP contribution in [0.2, 0.25) is 0 Å². The lowest BCUT2D eigenvalue weighted by atomic mass is 10.0. The minimum Gasteiger partial charge on any atom is -0.306 e. The van der Waals surface area contributed by atoms with E-state index in [9.17, 15) is 13.2 Å². The predicted molar refractivity (Wildman–Crippen MR) is 74.4 cm³/mol. The van der Waals surface area contributed by atoms with Gasteiger partial charge in [0.05, 0.1) is 16.2 Å². The highest BCUT2D eigenvalue weighted by atomic mass is 32.2. The van der Waals surface area contributed by atoms with E-state index in [4.69, 9.17) is 0 Å². The molecule has 0 radical (unpaired) electrons. The second kappa shape index (κ2) is 3.93. The molecule has 0 atom stereocenters. The van der Waals surface area contributed by atoms with Gasteiger partial charge in [0.2, 0.25) is 0 Å². The molecule has 19 heavy (non-hydrogen) atoms. The van der Waals surface area contributed by atoms with Crippen LogP contribution in [-0.4, -0.2) is 18.7 Å². The molecule has 0 spiro atoms. The molecule has 0 saturated carbocycles. The van der Waals surface area contributed by atoms with Gasteiger partial charge in [-0.15, -0.1) is 0 Å². The molecule has 0 aliphatic carbocycles.